The van der Waals surface area contributed by atoms with Gasteiger partial charge in [0.1, 0.15) is 0 Å². The van der Waals surface area contributed by atoms with Crippen LogP contribution < -0.4 is 10.5 Å². The van der Waals surface area contributed by atoms with Crippen molar-refractivity contribution in [2.75, 3.05) is 12.8 Å². The summed E-state index contributed by atoms with van der Waals surface area (Å²) in [4.78, 5) is 0.128. The highest BCUT2D eigenvalue weighted by Gasteiger charge is 2.14. The maximum Gasteiger partial charge on any atom is 0.240 e. The van der Waals surface area contributed by atoms with E-state index in [1.165, 1.54) is 19.2 Å². The van der Waals surface area contributed by atoms with Gasteiger partial charge in [-0.1, -0.05) is 18.2 Å². The van der Waals surface area contributed by atoms with Crippen molar-refractivity contribution in [2.24, 2.45) is 0 Å². The molecular formula is C14H14N4O2S. The number of sulfonamides is 1. The molecule has 0 fully saturated rings. The average molecular weight is 302 g/mol. The number of aromatic nitrogens is 2. The van der Waals surface area contributed by atoms with E-state index in [0.717, 1.165) is 10.9 Å². The number of nitrogens with two attached hydrogens (primary N) is 1. The molecule has 0 radical (unpaired) electrons. The van der Waals surface area contributed by atoms with Crippen molar-refractivity contribution in [3.05, 3.63) is 48.7 Å². The van der Waals surface area contributed by atoms with Gasteiger partial charge in [-0.15, -0.1) is 0 Å². The van der Waals surface area contributed by atoms with Crippen molar-refractivity contribution in [1.82, 2.24) is 14.5 Å². The number of hydrogen-bond acceptors (Lipinski definition) is 4. The lowest BCUT2D eigenvalue weighted by atomic mass is 10.2. The van der Waals surface area contributed by atoms with Crippen LogP contribution in [-0.2, 0) is 10.0 Å². The molecule has 0 aliphatic heterocycles. The lowest BCUT2D eigenvalue weighted by Gasteiger charge is -2.09. The second kappa shape index (κ2) is 4.87. The number of benzene rings is 2. The molecule has 7 heteroatoms. The number of rotatable bonds is 3. The minimum absolute atomic E-state index is 0.128. The Morgan fingerprint density at radius 2 is 1.95 bits per heavy atom. The van der Waals surface area contributed by atoms with E-state index in [1.807, 2.05) is 24.3 Å². The van der Waals surface area contributed by atoms with Crippen LogP contribution >= 0.6 is 0 Å². The fourth-order valence-corrected chi connectivity index (χ4v) is 2.94. The van der Waals surface area contributed by atoms with E-state index in [4.69, 9.17) is 5.73 Å². The van der Waals surface area contributed by atoms with E-state index in [1.54, 1.807) is 16.9 Å². The van der Waals surface area contributed by atoms with Crippen LogP contribution in [-0.4, -0.2) is 25.2 Å². The van der Waals surface area contributed by atoms with Crippen LogP contribution in [0.15, 0.2) is 53.6 Å². The predicted molar refractivity (Wildman–Crippen MR) is 81.7 cm³/mol. The molecule has 0 atom stereocenters. The first-order valence-corrected chi connectivity index (χ1v) is 7.77. The van der Waals surface area contributed by atoms with Gasteiger partial charge in [0.25, 0.3) is 0 Å². The molecule has 3 N–H and O–H groups in total. The zero-order valence-corrected chi connectivity index (χ0v) is 12.1. The Kier molecular flexibility index (Phi) is 3.15. The quantitative estimate of drug-likeness (QED) is 0.718. The summed E-state index contributed by atoms with van der Waals surface area (Å²) in [5, 5.41) is 5.30. The molecule has 0 bridgehead atoms. The van der Waals surface area contributed by atoms with Gasteiger partial charge in [0, 0.05) is 5.39 Å². The molecule has 1 heterocycles. The Balaban J connectivity index is 2.16. The molecule has 0 amide bonds. The highest BCUT2D eigenvalue weighted by molar-refractivity contribution is 7.89. The van der Waals surface area contributed by atoms with E-state index in [9.17, 15) is 8.42 Å². The SMILES string of the molecule is CNS(=O)(=O)c1ccc(-n2ncc3ccccc32)c(N)c1. The van der Waals surface area contributed by atoms with Crippen LogP contribution in [0, 0.1) is 0 Å². The van der Waals surface area contributed by atoms with Crippen LogP contribution in [0.2, 0.25) is 0 Å². The molecule has 0 unspecified atom stereocenters. The summed E-state index contributed by atoms with van der Waals surface area (Å²) in [6.45, 7) is 0. The van der Waals surface area contributed by atoms with Gasteiger partial charge >= 0.3 is 0 Å². The predicted octanol–water partition coefficient (Wildman–Crippen LogP) is 1.52. The van der Waals surface area contributed by atoms with E-state index in [2.05, 4.69) is 9.82 Å². The highest BCUT2D eigenvalue weighted by Crippen LogP contribution is 2.24. The second-order valence-electron chi connectivity index (χ2n) is 4.54. The number of nitrogens with one attached hydrogen (secondary N) is 1. The molecular weight excluding hydrogens is 288 g/mol. The van der Waals surface area contributed by atoms with Crippen LogP contribution in [0.5, 0.6) is 0 Å². The number of nitrogens with zero attached hydrogens (tertiary/aromatic N) is 2. The van der Waals surface area contributed by atoms with Crippen molar-refractivity contribution in [1.29, 1.82) is 0 Å². The molecule has 2 aromatic carbocycles. The van der Waals surface area contributed by atoms with Gasteiger partial charge in [0.15, 0.2) is 0 Å². The fourth-order valence-electron chi connectivity index (χ4n) is 2.17. The molecule has 0 aliphatic rings. The Labute approximate surface area is 122 Å². The molecule has 3 rings (SSSR count). The van der Waals surface area contributed by atoms with E-state index in [0.29, 0.717) is 11.4 Å². The molecule has 21 heavy (non-hydrogen) atoms. The summed E-state index contributed by atoms with van der Waals surface area (Å²) in [5.74, 6) is 0. The third kappa shape index (κ3) is 2.26. The smallest absolute Gasteiger partial charge is 0.240 e. The third-order valence-corrected chi connectivity index (χ3v) is 4.70. The summed E-state index contributed by atoms with van der Waals surface area (Å²) in [6.07, 6.45) is 1.74. The molecule has 3 aromatic rings. The standard InChI is InChI=1S/C14H14N4O2S/c1-16-21(19,20)11-6-7-14(12(15)8-11)18-13-5-3-2-4-10(13)9-17-18/h2-9,16H,15H2,1H3. The summed E-state index contributed by atoms with van der Waals surface area (Å²) < 4.78 is 27.5. The van der Waals surface area contributed by atoms with Crippen molar-refractivity contribution in [3.63, 3.8) is 0 Å². The zero-order chi connectivity index (χ0) is 15.0. The van der Waals surface area contributed by atoms with Crippen molar-refractivity contribution in [2.45, 2.75) is 4.90 Å². The monoisotopic (exact) mass is 302 g/mol. The van der Waals surface area contributed by atoms with E-state index >= 15 is 0 Å². The normalized spacial score (nSPS) is 11.9. The summed E-state index contributed by atoms with van der Waals surface area (Å²) in [7, 11) is -2.15. The maximum absolute atomic E-state index is 11.8. The minimum Gasteiger partial charge on any atom is -0.397 e. The first-order chi connectivity index (χ1) is 10.0. The topological polar surface area (TPSA) is 90.0 Å². The Bertz CT molecular complexity index is 916. The largest absolute Gasteiger partial charge is 0.397 e. The maximum atomic E-state index is 11.8. The molecule has 0 saturated heterocycles. The number of fused-ring (bicyclic) bond motifs is 1. The first kappa shape index (κ1) is 13.6. The number of anilines is 1. The fraction of sp³-hybridized carbons (Fsp3) is 0.0714. The molecule has 0 aliphatic carbocycles. The van der Waals surface area contributed by atoms with Crippen LogP contribution in [0.1, 0.15) is 0 Å². The van der Waals surface area contributed by atoms with E-state index in [-0.39, 0.29) is 4.90 Å². The van der Waals surface area contributed by atoms with E-state index < -0.39 is 10.0 Å². The highest BCUT2D eigenvalue weighted by atomic mass is 32.2. The average Bonchev–Trinajstić information content (AvgIpc) is 2.91. The Morgan fingerprint density at radius 1 is 1.19 bits per heavy atom. The minimum atomic E-state index is -3.51. The molecule has 1 aromatic heterocycles. The van der Waals surface area contributed by atoms with Gasteiger partial charge in [-0.05, 0) is 31.3 Å². The number of hydrogen-bond donors (Lipinski definition) is 2. The van der Waals surface area contributed by atoms with Crippen LogP contribution in [0.25, 0.3) is 16.6 Å². The van der Waals surface area contributed by atoms with Gasteiger partial charge in [-0.2, -0.15) is 5.10 Å². The van der Waals surface area contributed by atoms with Gasteiger partial charge in [0.05, 0.1) is 28.0 Å². The van der Waals surface area contributed by atoms with Crippen molar-refractivity contribution in [3.8, 4) is 5.69 Å². The van der Waals surface area contributed by atoms with Crippen LogP contribution in [0.3, 0.4) is 0 Å². The van der Waals surface area contributed by atoms with Gasteiger partial charge in [0.2, 0.25) is 10.0 Å². The second-order valence-corrected chi connectivity index (χ2v) is 6.43. The Hall–Kier alpha value is -2.38. The lowest BCUT2D eigenvalue weighted by molar-refractivity contribution is 0.588. The van der Waals surface area contributed by atoms with Gasteiger partial charge in [-0.25, -0.2) is 17.8 Å². The first-order valence-electron chi connectivity index (χ1n) is 6.29. The zero-order valence-electron chi connectivity index (χ0n) is 11.3. The summed E-state index contributed by atoms with van der Waals surface area (Å²) in [5.41, 5.74) is 7.90. The third-order valence-electron chi connectivity index (χ3n) is 3.28. The molecule has 108 valence electrons. The number of para-hydroxylation sites is 1. The number of nitrogen functional groups attached to an aromatic ring is 1. The lowest BCUT2D eigenvalue weighted by Crippen LogP contribution is -2.19. The summed E-state index contributed by atoms with van der Waals surface area (Å²) in [6, 6.07) is 12.3. The van der Waals surface area contributed by atoms with Crippen LogP contribution in [0.4, 0.5) is 5.69 Å². The molecule has 0 spiro atoms. The van der Waals surface area contributed by atoms with Gasteiger partial charge < -0.3 is 5.73 Å². The molecule has 0 saturated carbocycles. The molecule has 6 nitrogen and oxygen atoms in total. The van der Waals surface area contributed by atoms with Crippen molar-refractivity contribution >= 4 is 26.6 Å². The summed E-state index contributed by atoms with van der Waals surface area (Å²) >= 11 is 0. The Morgan fingerprint density at radius 3 is 2.67 bits per heavy atom. The van der Waals surface area contributed by atoms with Crippen molar-refractivity contribution < 1.29 is 8.42 Å². The van der Waals surface area contributed by atoms with Gasteiger partial charge in [-0.3, -0.25) is 0 Å².